The summed E-state index contributed by atoms with van der Waals surface area (Å²) in [6.07, 6.45) is 1.11. The highest BCUT2D eigenvalue weighted by molar-refractivity contribution is 7.98. The Bertz CT molecular complexity index is 885. The van der Waals surface area contributed by atoms with Crippen molar-refractivity contribution >= 4 is 45.0 Å². The first-order valence-electron chi connectivity index (χ1n) is 8.84. The number of amides is 1. The number of hydrogen-bond donors (Lipinski definition) is 1. The molecule has 0 spiro atoms. The Morgan fingerprint density at radius 1 is 1.14 bits per heavy atom. The Morgan fingerprint density at radius 2 is 1.75 bits per heavy atom. The van der Waals surface area contributed by atoms with Crippen LogP contribution in [0.5, 0.6) is 0 Å². The third kappa shape index (κ3) is 6.72. The van der Waals surface area contributed by atoms with E-state index in [9.17, 15) is 13.2 Å². The second kappa shape index (κ2) is 10.2. The van der Waals surface area contributed by atoms with Gasteiger partial charge < -0.3 is 5.32 Å². The van der Waals surface area contributed by atoms with Crippen molar-refractivity contribution in [3.05, 3.63) is 64.7 Å². The maximum Gasteiger partial charge on any atom is 0.243 e. The Balaban J connectivity index is 1.88. The van der Waals surface area contributed by atoms with E-state index in [0.717, 1.165) is 33.2 Å². The van der Waals surface area contributed by atoms with Crippen molar-refractivity contribution in [3.8, 4) is 0 Å². The van der Waals surface area contributed by atoms with Crippen molar-refractivity contribution in [2.24, 2.45) is 0 Å². The van der Waals surface area contributed by atoms with Crippen LogP contribution in [0, 0.1) is 6.92 Å². The number of rotatable bonds is 9. The summed E-state index contributed by atoms with van der Waals surface area (Å²) in [7, 11) is -3.59. The smallest absolute Gasteiger partial charge is 0.243 e. The summed E-state index contributed by atoms with van der Waals surface area (Å²) in [5, 5.41) is 3.53. The molecule has 0 aliphatic heterocycles. The summed E-state index contributed by atoms with van der Waals surface area (Å²) in [6, 6.07) is 13.9. The highest BCUT2D eigenvalue weighted by Gasteiger charge is 2.28. The average molecular weight is 441 g/mol. The van der Waals surface area contributed by atoms with Crippen LogP contribution in [-0.4, -0.2) is 38.9 Å². The lowest BCUT2D eigenvalue weighted by Crippen LogP contribution is -2.48. The minimum atomic E-state index is -3.59. The van der Waals surface area contributed by atoms with Crippen LogP contribution in [-0.2, 0) is 20.6 Å². The van der Waals surface area contributed by atoms with E-state index in [1.807, 2.05) is 43.3 Å². The lowest BCUT2D eigenvalue weighted by atomic mass is 10.2. The molecule has 0 aliphatic carbocycles. The van der Waals surface area contributed by atoms with Crippen molar-refractivity contribution < 1.29 is 13.2 Å². The minimum absolute atomic E-state index is 0.321. The van der Waals surface area contributed by atoms with Crippen molar-refractivity contribution in [3.63, 3.8) is 0 Å². The number of carbonyl (C=O) groups excluding carboxylic acids is 1. The number of hydrogen-bond acceptors (Lipinski definition) is 4. The van der Waals surface area contributed by atoms with Gasteiger partial charge in [0.2, 0.25) is 15.9 Å². The zero-order valence-corrected chi connectivity index (χ0v) is 18.6. The van der Waals surface area contributed by atoms with Crippen LogP contribution < -0.4 is 9.62 Å². The van der Waals surface area contributed by atoms with Crippen molar-refractivity contribution in [1.82, 2.24) is 5.32 Å². The van der Waals surface area contributed by atoms with E-state index in [2.05, 4.69) is 5.32 Å². The first-order chi connectivity index (χ1) is 13.2. The predicted molar refractivity (Wildman–Crippen MR) is 119 cm³/mol. The van der Waals surface area contributed by atoms with Crippen molar-refractivity contribution in [2.45, 2.75) is 25.6 Å². The van der Waals surface area contributed by atoms with Crippen LogP contribution >= 0.6 is 23.4 Å². The number of carbonyl (C=O) groups is 1. The summed E-state index contributed by atoms with van der Waals surface area (Å²) >= 11 is 7.56. The molecule has 0 heterocycles. The Morgan fingerprint density at radius 3 is 2.32 bits per heavy atom. The molecular formula is C20H25ClN2O3S2. The van der Waals surface area contributed by atoms with E-state index in [0.29, 0.717) is 17.3 Å². The molecule has 0 aromatic heterocycles. The predicted octanol–water partition coefficient (Wildman–Crippen LogP) is 3.85. The van der Waals surface area contributed by atoms with Gasteiger partial charge in [-0.05, 0) is 43.7 Å². The summed E-state index contributed by atoms with van der Waals surface area (Å²) in [4.78, 5) is 12.5. The molecule has 2 aromatic carbocycles. The van der Waals surface area contributed by atoms with E-state index in [1.165, 1.54) is 0 Å². The lowest BCUT2D eigenvalue weighted by Gasteiger charge is -2.28. The van der Waals surface area contributed by atoms with Crippen LogP contribution in [0.2, 0.25) is 5.02 Å². The van der Waals surface area contributed by atoms with Crippen molar-refractivity contribution in [2.75, 3.05) is 22.9 Å². The Kier molecular flexibility index (Phi) is 8.22. The number of nitrogens with one attached hydrogen (secondary N) is 1. The fraction of sp³-hybridized carbons (Fsp3) is 0.350. The Hall–Kier alpha value is -1.70. The van der Waals surface area contributed by atoms with Crippen LogP contribution in [0.1, 0.15) is 18.1 Å². The second-order valence-corrected chi connectivity index (χ2v) is 9.94. The van der Waals surface area contributed by atoms with Crippen molar-refractivity contribution in [1.29, 1.82) is 0 Å². The van der Waals surface area contributed by atoms with Gasteiger partial charge in [0.15, 0.2) is 0 Å². The molecule has 152 valence electrons. The largest absolute Gasteiger partial charge is 0.353 e. The number of halogens is 1. The molecule has 0 fully saturated rings. The van der Waals surface area contributed by atoms with Gasteiger partial charge in [0.1, 0.15) is 6.04 Å². The number of nitrogens with zero attached hydrogens (tertiary/aromatic N) is 1. The highest BCUT2D eigenvalue weighted by Crippen LogP contribution is 2.21. The fourth-order valence-electron chi connectivity index (χ4n) is 2.67. The molecule has 0 unspecified atom stereocenters. The maximum absolute atomic E-state index is 12.5. The average Bonchev–Trinajstić information content (AvgIpc) is 2.63. The summed E-state index contributed by atoms with van der Waals surface area (Å²) in [5.41, 5.74) is 2.66. The molecule has 0 radical (unpaired) electrons. The molecule has 1 N–H and O–H groups in total. The highest BCUT2D eigenvalue weighted by atomic mass is 35.5. The van der Waals surface area contributed by atoms with Crippen LogP contribution in [0.15, 0.2) is 48.5 Å². The molecule has 2 aromatic rings. The zero-order chi connectivity index (χ0) is 20.7. The van der Waals surface area contributed by atoms with E-state index in [-0.39, 0.29) is 5.91 Å². The summed E-state index contributed by atoms with van der Waals surface area (Å²) in [6.45, 7) is 3.98. The summed E-state index contributed by atoms with van der Waals surface area (Å²) < 4.78 is 25.7. The molecular weight excluding hydrogens is 416 g/mol. The van der Waals surface area contributed by atoms with Crippen LogP contribution in [0.25, 0.3) is 0 Å². The summed E-state index contributed by atoms with van der Waals surface area (Å²) in [5.74, 6) is 1.23. The molecule has 0 saturated heterocycles. The monoisotopic (exact) mass is 440 g/mol. The third-order valence-corrected chi connectivity index (χ3v) is 6.63. The Labute approximate surface area is 176 Å². The number of sulfonamides is 1. The molecule has 8 heteroatoms. The van der Waals surface area contributed by atoms with Gasteiger partial charge in [-0.1, -0.05) is 41.4 Å². The normalized spacial score (nSPS) is 12.4. The van der Waals surface area contributed by atoms with Gasteiger partial charge in [0.05, 0.1) is 11.9 Å². The van der Waals surface area contributed by atoms with Gasteiger partial charge in [0.25, 0.3) is 0 Å². The molecule has 0 saturated carbocycles. The van der Waals surface area contributed by atoms with E-state index < -0.39 is 16.1 Å². The molecule has 2 rings (SSSR count). The second-order valence-electron chi connectivity index (χ2n) is 6.54. The van der Waals surface area contributed by atoms with Crippen LogP contribution in [0.3, 0.4) is 0 Å². The quantitative estimate of drug-likeness (QED) is 0.601. The van der Waals surface area contributed by atoms with E-state index >= 15 is 0 Å². The van der Waals surface area contributed by atoms with Gasteiger partial charge in [-0.25, -0.2) is 8.42 Å². The molecule has 0 bridgehead atoms. The number of benzene rings is 2. The molecule has 1 amide bonds. The standard InChI is InChI=1S/C20H25ClN2O3S2/c1-15-4-10-19(11-5-15)23(28(3,25)26)16(2)20(24)22-12-13-27-14-17-6-8-18(21)9-7-17/h4-11,16H,12-14H2,1-3H3,(H,22,24)/t16-/m1/s1. The van der Waals surface area contributed by atoms with E-state index in [1.54, 1.807) is 30.8 Å². The zero-order valence-electron chi connectivity index (χ0n) is 16.2. The number of aryl methyl sites for hydroxylation is 1. The molecule has 5 nitrogen and oxygen atoms in total. The van der Waals surface area contributed by atoms with Gasteiger partial charge >= 0.3 is 0 Å². The maximum atomic E-state index is 12.5. The fourth-order valence-corrected chi connectivity index (χ4v) is 4.78. The first kappa shape index (κ1) is 22.6. The topological polar surface area (TPSA) is 66.5 Å². The lowest BCUT2D eigenvalue weighted by molar-refractivity contribution is -0.121. The van der Waals surface area contributed by atoms with Gasteiger partial charge in [0, 0.05) is 23.1 Å². The third-order valence-electron chi connectivity index (χ3n) is 4.10. The SMILES string of the molecule is Cc1ccc(N([C@H](C)C(=O)NCCSCc2ccc(Cl)cc2)S(C)(=O)=O)cc1. The van der Waals surface area contributed by atoms with Gasteiger partial charge in [-0.3, -0.25) is 9.10 Å². The molecule has 1 atom stereocenters. The van der Waals surface area contributed by atoms with Crippen LogP contribution in [0.4, 0.5) is 5.69 Å². The molecule has 0 aliphatic rings. The van der Waals surface area contributed by atoms with E-state index in [4.69, 9.17) is 11.6 Å². The molecule has 28 heavy (non-hydrogen) atoms. The first-order valence-corrected chi connectivity index (χ1v) is 12.2. The number of anilines is 1. The van der Waals surface area contributed by atoms with Gasteiger partial charge in [-0.15, -0.1) is 0 Å². The number of thioether (sulfide) groups is 1. The van der Waals surface area contributed by atoms with Gasteiger partial charge in [-0.2, -0.15) is 11.8 Å². The minimum Gasteiger partial charge on any atom is -0.353 e.